The van der Waals surface area contributed by atoms with Crippen LogP contribution < -0.4 is 5.73 Å². The van der Waals surface area contributed by atoms with Gasteiger partial charge >= 0.3 is 0 Å². The number of benzene rings is 1. The predicted octanol–water partition coefficient (Wildman–Crippen LogP) is 1.13. The van der Waals surface area contributed by atoms with Gasteiger partial charge in [0.05, 0.1) is 21.9 Å². The maximum absolute atomic E-state index is 13.6. The van der Waals surface area contributed by atoms with Crippen LogP contribution in [0.15, 0.2) is 33.9 Å². The van der Waals surface area contributed by atoms with Gasteiger partial charge in [0.15, 0.2) is 5.78 Å². The highest BCUT2D eigenvalue weighted by Gasteiger charge is 2.55. The van der Waals surface area contributed by atoms with Gasteiger partial charge in [-0.05, 0) is 55.7 Å². The lowest BCUT2D eigenvalue weighted by Crippen LogP contribution is -2.52. The van der Waals surface area contributed by atoms with Crippen LogP contribution in [0.4, 0.5) is 0 Å². The van der Waals surface area contributed by atoms with Crippen molar-refractivity contribution in [3.63, 3.8) is 0 Å². The number of rotatable bonds is 2. The Morgan fingerprint density at radius 3 is 2.41 bits per heavy atom. The number of aliphatic hydroxyl groups is 3. The zero-order valence-corrected chi connectivity index (χ0v) is 17.9. The maximum Gasteiger partial charge on any atom is 0.294 e. The average molecular weight is 465 g/mol. The van der Waals surface area contributed by atoms with Gasteiger partial charge in [-0.2, -0.15) is 8.42 Å². The van der Waals surface area contributed by atoms with E-state index >= 15 is 0 Å². The third kappa shape index (κ3) is 3.11. The number of aliphatic hydroxyl groups excluding tert-OH is 2. The molecule has 32 heavy (non-hydrogen) atoms. The van der Waals surface area contributed by atoms with E-state index in [1.807, 2.05) is 0 Å². The number of carbonyl (C=O) groups excluding carboxylic acids is 2. The van der Waals surface area contributed by atoms with E-state index in [1.54, 1.807) is 0 Å². The Bertz CT molecular complexity index is 1230. The summed E-state index contributed by atoms with van der Waals surface area (Å²) in [6, 6.07) is 2.01. The molecule has 4 unspecified atom stereocenters. The zero-order valence-electron chi connectivity index (χ0n) is 17.1. The number of aromatic hydroxyl groups is 1. The van der Waals surface area contributed by atoms with Crippen molar-refractivity contribution < 1.29 is 43.0 Å². The van der Waals surface area contributed by atoms with Crippen molar-refractivity contribution in [3.8, 4) is 5.75 Å². The molecule has 0 heterocycles. The molecule has 3 aliphatic carbocycles. The van der Waals surface area contributed by atoms with Crippen molar-refractivity contribution in [1.82, 2.24) is 0 Å². The van der Waals surface area contributed by atoms with Gasteiger partial charge in [0.2, 0.25) is 0 Å². The van der Waals surface area contributed by atoms with Gasteiger partial charge in [0.25, 0.3) is 16.0 Å². The van der Waals surface area contributed by atoms with E-state index in [9.17, 15) is 43.0 Å². The van der Waals surface area contributed by atoms with Crippen LogP contribution in [0.2, 0.25) is 0 Å². The Morgan fingerprint density at radius 2 is 1.81 bits per heavy atom. The minimum absolute atomic E-state index is 0.0121. The zero-order chi connectivity index (χ0) is 23.7. The number of phenolic OH excluding ortho intramolecular Hbond substituents is 1. The maximum atomic E-state index is 13.6. The number of carbonyl (C=O) groups is 2. The first kappa shape index (κ1) is 22.3. The molecule has 0 radical (unpaired) electrons. The molecule has 1 fully saturated rings. The van der Waals surface area contributed by atoms with Gasteiger partial charge in [-0.15, -0.1) is 0 Å². The van der Waals surface area contributed by atoms with Crippen LogP contribution in [0.5, 0.6) is 5.75 Å². The van der Waals surface area contributed by atoms with Gasteiger partial charge in [-0.1, -0.05) is 0 Å². The fourth-order valence-electron chi connectivity index (χ4n) is 5.65. The largest absolute Gasteiger partial charge is 0.512 e. The molecule has 0 saturated heterocycles. The summed E-state index contributed by atoms with van der Waals surface area (Å²) in [6.45, 7) is 1.21. The van der Waals surface area contributed by atoms with Crippen LogP contribution in [0.1, 0.15) is 37.3 Å². The summed E-state index contributed by atoms with van der Waals surface area (Å²) in [4.78, 5) is 25.0. The summed E-state index contributed by atoms with van der Waals surface area (Å²) in [5.74, 6) is -5.68. The van der Waals surface area contributed by atoms with Crippen molar-refractivity contribution >= 4 is 27.6 Å². The number of amides is 1. The Kier molecular flexibility index (Phi) is 4.92. The first-order valence-corrected chi connectivity index (χ1v) is 11.5. The third-order valence-electron chi connectivity index (χ3n) is 6.88. The predicted molar refractivity (Wildman–Crippen MR) is 110 cm³/mol. The molecular formula is C21H23NO9S. The Morgan fingerprint density at radius 1 is 1.16 bits per heavy atom. The number of nitrogens with two attached hydrogens (primary N) is 1. The lowest BCUT2D eigenvalue weighted by atomic mass is 9.65. The number of allylic oxidation sites excluding steroid dienone is 2. The number of fused-ring (bicyclic) bond motifs is 3. The smallest absolute Gasteiger partial charge is 0.294 e. The van der Waals surface area contributed by atoms with Crippen LogP contribution in [0.3, 0.4) is 0 Å². The van der Waals surface area contributed by atoms with E-state index in [-0.39, 0.29) is 29.5 Å². The van der Waals surface area contributed by atoms with Gasteiger partial charge in [-0.3, -0.25) is 14.1 Å². The normalized spacial score (nSPS) is 30.3. The number of Topliss-reactive ketones (excluding diaryl/α,β-unsaturated/α-hetero) is 1. The molecule has 172 valence electrons. The average Bonchev–Trinajstić information content (AvgIpc) is 2.77. The fraction of sp³-hybridized carbons (Fsp3) is 0.429. The van der Waals surface area contributed by atoms with E-state index in [0.29, 0.717) is 12.8 Å². The third-order valence-corrected chi connectivity index (χ3v) is 7.82. The number of phenols is 1. The second kappa shape index (κ2) is 7.06. The second-order valence-electron chi connectivity index (χ2n) is 8.79. The molecule has 0 bridgehead atoms. The fourth-order valence-corrected chi connectivity index (χ4v) is 6.39. The summed E-state index contributed by atoms with van der Waals surface area (Å²) in [5.41, 5.74) is 2.39. The molecule has 4 rings (SSSR count). The van der Waals surface area contributed by atoms with E-state index in [1.165, 1.54) is 6.92 Å². The van der Waals surface area contributed by atoms with Gasteiger partial charge in [0.1, 0.15) is 22.9 Å². The Balaban J connectivity index is 1.93. The molecule has 0 aliphatic heterocycles. The van der Waals surface area contributed by atoms with Crippen LogP contribution >= 0.6 is 0 Å². The molecule has 1 aromatic carbocycles. The summed E-state index contributed by atoms with van der Waals surface area (Å²) in [6.07, 6.45) is 0.481. The van der Waals surface area contributed by atoms with Gasteiger partial charge < -0.3 is 26.2 Å². The first-order valence-electron chi connectivity index (χ1n) is 10.0. The second-order valence-corrected chi connectivity index (χ2v) is 10.2. The highest BCUT2D eigenvalue weighted by Crippen LogP contribution is 2.51. The molecule has 0 aromatic heterocycles. The van der Waals surface area contributed by atoms with Gasteiger partial charge in [-0.25, -0.2) is 0 Å². The molecule has 1 saturated carbocycles. The van der Waals surface area contributed by atoms with Gasteiger partial charge in [0, 0.05) is 12.0 Å². The Hall–Kier alpha value is -2.89. The van der Waals surface area contributed by atoms with Crippen molar-refractivity contribution in [3.05, 3.63) is 40.2 Å². The number of ketones is 1. The molecule has 3 aliphatic rings. The van der Waals surface area contributed by atoms with Crippen molar-refractivity contribution in [2.24, 2.45) is 23.5 Å². The molecule has 0 spiro atoms. The highest BCUT2D eigenvalue weighted by atomic mass is 32.2. The minimum atomic E-state index is -4.67. The lowest BCUT2D eigenvalue weighted by molar-refractivity contribution is -0.132. The minimum Gasteiger partial charge on any atom is -0.512 e. The first-order chi connectivity index (χ1) is 14.8. The number of hydrogen-bond acceptors (Lipinski definition) is 8. The molecular weight excluding hydrogens is 442 g/mol. The molecule has 10 nitrogen and oxygen atoms in total. The highest BCUT2D eigenvalue weighted by molar-refractivity contribution is 7.85. The van der Waals surface area contributed by atoms with E-state index in [4.69, 9.17) is 5.73 Å². The molecule has 1 aromatic rings. The Labute approximate surface area is 183 Å². The molecule has 1 amide bonds. The summed E-state index contributed by atoms with van der Waals surface area (Å²) < 4.78 is 33.3. The molecule has 4 atom stereocenters. The summed E-state index contributed by atoms with van der Waals surface area (Å²) in [7, 11) is -4.67. The standard InChI is InChI=1S/C21H23NO9S/c1-21(28)16-9(7-12(24)17(21)20(22)27)3-2-8-6-10-13(32(29,30)31)5-4-11(23)15(10)18(25)14(8)19(16)26/h4-5,8-9,16,23-25,28H,2-3,6-7H2,1H3,(H2,22,27)(H,29,30,31). The number of primary amides is 1. The van der Waals surface area contributed by atoms with E-state index in [0.717, 1.165) is 12.1 Å². The molecule has 7 N–H and O–H groups in total. The van der Waals surface area contributed by atoms with Crippen LogP contribution in [-0.2, 0) is 26.1 Å². The van der Waals surface area contributed by atoms with Crippen LogP contribution in [-0.4, -0.2) is 50.7 Å². The van der Waals surface area contributed by atoms with Crippen molar-refractivity contribution in [2.75, 3.05) is 0 Å². The summed E-state index contributed by atoms with van der Waals surface area (Å²) in [5, 5.41) is 42.8. The quantitative estimate of drug-likeness (QED) is 0.347. The van der Waals surface area contributed by atoms with E-state index in [2.05, 4.69) is 0 Å². The van der Waals surface area contributed by atoms with E-state index < -0.39 is 72.9 Å². The SMILES string of the molecule is CC1(O)C(C(N)=O)=C(O)CC2CCC3Cc4c(S(=O)(=O)O)ccc(O)c4C(O)=C3C(=O)C21. The van der Waals surface area contributed by atoms with Crippen LogP contribution in [0, 0.1) is 17.8 Å². The van der Waals surface area contributed by atoms with Crippen molar-refractivity contribution in [2.45, 2.75) is 43.1 Å². The summed E-state index contributed by atoms with van der Waals surface area (Å²) >= 11 is 0. The monoisotopic (exact) mass is 465 g/mol. The topological polar surface area (TPSA) is 195 Å². The number of hydrogen-bond donors (Lipinski definition) is 6. The van der Waals surface area contributed by atoms with Crippen molar-refractivity contribution in [1.29, 1.82) is 0 Å². The molecule has 11 heteroatoms. The van der Waals surface area contributed by atoms with Crippen LogP contribution in [0.25, 0.3) is 5.76 Å². The lowest BCUT2D eigenvalue weighted by Gasteiger charge is -2.41.